The van der Waals surface area contributed by atoms with Gasteiger partial charge in [-0.15, -0.1) is 0 Å². The van der Waals surface area contributed by atoms with Crippen molar-refractivity contribution in [3.8, 4) is 0 Å². The third kappa shape index (κ3) is 2.13. The Labute approximate surface area is 87.5 Å². The van der Waals surface area contributed by atoms with Gasteiger partial charge in [-0.2, -0.15) is 0 Å². The van der Waals surface area contributed by atoms with E-state index >= 15 is 0 Å². The van der Waals surface area contributed by atoms with Crippen molar-refractivity contribution in [2.45, 2.75) is 18.9 Å². The van der Waals surface area contributed by atoms with E-state index in [9.17, 15) is 5.11 Å². The fraction of sp³-hybridized carbons (Fsp3) is 0.556. The van der Waals surface area contributed by atoms with E-state index in [4.69, 9.17) is 11.6 Å². The number of halogens is 1. The number of hydrogen-bond donors (Lipinski definition) is 1. The molecule has 1 aromatic rings. The van der Waals surface area contributed by atoms with Crippen molar-refractivity contribution in [2.75, 3.05) is 18.0 Å². The number of anilines is 1. The van der Waals surface area contributed by atoms with Crippen LogP contribution in [0.3, 0.4) is 0 Å². The molecule has 0 amide bonds. The number of β-amino-alcohol motifs (C(OH)–C–C–N with tert-alkyl or cyclic N) is 1. The highest BCUT2D eigenvalue weighted by molar-refractivity contribution is 6.29. The van der Waals surface area contributed by atoms with Gasteiger partial charge in [-0.05, 0) is 12.8 Å². The van der Waals surface area contributed by atoms with Crippen LogP contribution >= 0.6 is 11.6 Å². The highest BCUT2D eigenvalue weighted by Crippen LogP contribution is 2.18. The summed E-state index contributed by atoms with van der Waals surface area (Å²) in [5.41, 5.74) is 0. The van der Waals surface area contributed by atoms with E-state index in [1.54, 1.807) is 6.20 Å². The minimum absolute atomic E-state index is 0.260. The number of aromatic nitrogens is 2. The van der Waals surface area contributed by atoms with Crippen molar-refractivity contribution in [3.63, 3.8) is 0 Å². The van der Waals surface area contributed by atoms with Crippen molar-refractivity contribution in [1.29, 1.82) is 0 Å². The molecule has 1 fully saturated rings. The zero-order valence-electron chi connectivity index (χ0n) is 7.73. The molecule has 0 aromatic carbocycles. The van der Waals surface area contributed by atoms with Gasteiger partial charge in [0.25, 0.3) is 0 Å². The number of piperidine rings is 1. The molecule has 5 heteroatoms. The zero-order valence-corrected chi connectivity index (χ0v) is 8.48. The van der Waals surface area contributed by atoms with Gasteiger partial charge in [0.15, 0.2) is 0 Å². The van der Waals surface area contributed by atoms with Crippen LogP contribution in [0.15, 0.2) is 12.4 Å². The molecule has 4 nitrogen and oxygen atoms in total. The summed E-state index contributed by atoms with van der Waals surface area (Å²) in [6.45, 7) is 1.53. The van der Waals surface area contributed by atoms with Crippen molar-refractivity contribution in [1.82, 2.24) is 9.97 Å². The van der Waals surface area contributed by atoms with Gasteiger partial charge < -0.3 is 10.0 Å². The van der Waals surface area contributed by atoms with Crippen LogP contribution in [0, 0.1) is 0 Å². The molecule has 14 heavy (non-hydrogen) atoms. The first-order chi connectivity index (χ1) is 6.75. The lowest BCUT2D eigenvalue weighted by atomic mass is 10.1. The second kappa shape index (κ2) is 4.11. The SMILES string of the molecule is OC1CCCN(c2cncc(Cl)n2)C1. The highest BCUT2D eigenvalue weighted by Gasteiger charge is 2.18. The highest BCUT2D eigenvalue weighted by atomic mass is 35.5. The molecule has 1 aromatic heterocycles. The van der Waals surface area contributed by atoms with Gasteiger partial charge in [-0.1, -0.05) is 11.6 Å². The number of hydrogen-bond acceptors (Lipinski definition) is 4. The fourth-order valence-electron chi connectivity index (χ4n) is 1.65. The standard InChI is InChI=1S/C9H12ClN3O/c10-8-4-11-5-9(12-8)13-3-1-2-7(14)6-13/h4-5,7,14H,1-3,6H2. The average Bonchev–Trinajstić information content (AvgIpc) is 2.18. The van der Waals surface area contributed by atoms with Crippen molar-refractivity contribution >= 4 is 17.4 Å². The molecule has 0 saturated carbocycles. The molecule has 2 heterocycles. The lowest BCUT2D eigenvalue weighted by molar-refractivity contribution is 0.154. The smallest absolute Gasteiger partial charge is 0.149 e. The van der Waals surface area contributed by atoms with Gasteiger partial charge in [-0.25, -0.2) is 4.98 Å². The van der Waals surface area contributed by atoms with Gasteiger partial charge in [0, 0.05) is 13.1 Å². The Kier molecular flexibility index (Phi) is 2.84. The predicted molar refractivity (Wildman–Crippen MR) is 54.5 cm³/mol. The third-order valence-electron chi connectivity index (χ3n) is 2.31. The molecule has 1 N–H and O–H groups in total. The third-order valence-corrected chi connectivity index (χ3v) is 2.50. The zero-order chi connectivity index (χ0) is 9.97. The van der Waals surface area contributed by atoms with Gasteiger partial charge in [-0.3, -0.25) is 4.98 Å². The van der Waals surface area contributed by atoms with Crippen molar-refractivity contribution in [3.05, 3.63) is 17.5 Å². The van der Waals surface area contributed by atoms with E-state index in [1.165, 1.54) is 6.20 Å². The van der Waals surface area contributed by atoms with Gasteiger partial charge in [0.05, 0.1) is 18.5 Å². The first-order valence-corrected chi connectivity index (χ1v) is 5.04. The minimum atomic E-state index is -0.260. The van der Waals surface area contributed by atoms with Crippen molar-refractivity contribution < 1.29 is 5.11 Å². The van der Waals surface area contributed by atoms with Crippen LogP contribution in [-0.2, 0) is 0 Å². The van der Waals surface area contributed by atoms with Crippen LogP contribution in [0.1, 0.15) is 12.8 Å². The molecule has 0 bridgehead atoms. The summed E-state index contributed by atoms with van der Waals surface area (Å²) in [5, 5.41) is 9.88. The summed E-state index contributed by atoms with van der Waals surface area (Å²) in [6.07, 6.45) is 4.76. The Balaban J connectivity index is 2.14. The molecule has 76 valence electrons. The Morgan fingerprint density at radius 3 is 3.07 bits per heavy atom. The maximum absolute atomic E-state index is 9.49. The first-order valence-electron chi connectivity index (χ1n) is 4.66. The predicted octanol–water partition coefficient (Wildman–Crippen LogP) is 1.09. The van der Waals surface area contributed by atoms with Crippen LogP contribution in [-0.4, -0.2) is 34.3 Å². The van der Waals surface area contributed by atoms with E-state index in [0.29, 0.717) is 11.7 Å². The normalized spacial score (nSPS) is 22.4. The molecule has 1 aliphatic heterocycles. The molecule has 1 saturated heterocycles. The summed E-state index contributed by atoms with van der Waals surface area (Å²) in [4.78, 5) is 10.1. The number of rotatable bonds is 1. The Hall–Kier alpha value is -0.870. The molecule has 2 rings (SSSR count). The Morgan fingerprint density at radius 1 is 1.50 bits per heavy atom. The van der Waals surface area contributed by atoms with E-state index in [-0.39, 0.29) is 6.10 Å². The van der Waals surface area contributed by atoms with Gasteiger partial charge in [0.2, 0.25) is 0 Å². The molecule has 0 spiro atoms. The Bertz CT molecular complexity index is 321. The van der Waals surface area contributed by atoms with Gasteiger partial charge in [0.1, 0.15) is 11.0 Å². The largest absolute Gasteiger partial charge is 0.391 e. The molecule has 1 aliphatic rings. The van der Waals surface area contributed by atoms with Crippen LogP contribution in [0.2, 0.25) is 5.15 Å². The topological polar surface area (TPSA) is 49.2 Å². The molecule has 1 atom stereocenters. The maximum atomic E-state index is 9.49. The van der Waals surface area contributed by atoms with E-state index in [0.717, 1.165) is 25.2 Å². The summed E-state index contributed by atoms with van der Waals surface area (Å²) >= 11 is 5.74. The monoisotopic (exact) mass is 213 g/mol. The maximum Gasteiger partial charge on any atom is 0.149 e. The second-order valence-electron chi connectivity index (χ2n) is 3.44. The van der Waals surface area contributed by atoms with Crippen LogP contribution < -0.4 is 4.90 Å². The molecule has 0 aliphatic carbocycles. The van der Waals surface area contributed by atoms with Crippen LogP contribution in [0.4, 0.5) is 5.82 Å². The number of nitrogens with zero attached hydrogens (tertiary/aromatic N) is 3. The summed E-state index contributed by atoms with van der Waals surface area (Å²) in [5.74, 6) is 0.747. The van der Waals surface area contributed by atoms with Gasteiger partial charge >= 0.3 is 0 Å². The molecular weight excluding hydrogens is 202 g/mol. The van der Waals surface area contributed by atoms with E-state index < -0.39 is 0 Å². The average molecular weight is 214 g/mol. The summed E-state index contributed by atoms with van der Waals surface area (Å²) in [7, 11) is 0. The van der Waals surface area contributed by atoms with Crippen molar-refractivity contribution in [2.24, 2.45) is 0 Å². The minimum Gasteiger partial charge on any atom is -0.391 e. The summed E-state index contributed by atoms with van der Waals surface area (Å²) in [6, 6.07) is 0. The Morgan fingerprint density at radius 2 is 2.36 bits per heavy atom. The van der Waals surface area contributed by atoms with E-state index in [2.05, 4.69) is 9.97 Å². The fourth-order valence-corrected chi connectivity index (χ4v) is 1.79. The number of aliphatic hydroxyl groups is 1. The first kappa shape index (κ1) is 9.68. The number of aliphatic hydroxyl groups excluding tert-OH is 1. The second-order valence-corrected chi connectivity index (χ2v) is 3.83. The lowest BCUT2D eigenvalue weighted by Crippen LogP contribution is -2.38. The van der Waals surface area contributed by atoms with E-state index in [1.807, 2.05) is 4.90 Å². The van der Waals surface area contributed by atoms with Crippen LogP contribution in [0.25, 0.3) is 0 Å². The van der Waals surface area contributed by atoms with Crippen LogP contribution in [0.5, 0.6) is 0 Å². The molecule has 0 radical (unpaired) electrons. The quantitative estimate of drug-likeness (QED) is 0.759. The lowest BCUT2D eigenvalue weighted by Gasteiger charge is -2.30. The summed E-state index contributed by atoms with van der Waals surface area (Å²) < 4.78 is 0. The molecule has 1 unspecified atom stereocenters. The molecular formula is C9H12ClN3O.